The first-order valence-corrected chi connectivity index (χ1v) is 11.8. The summed E-state index contributed by atoms with van der Waals surface area (Å²) in [4.78, 5) is 40.1. The molecule has 0 fully saturated rings. The van der Waals surface area contributed by atoms with E-state index in [0.717, 1.165) is 29.4 Å². The van der Waals surface area contributed by atoms with E-state index in [1.807, 2.05) is 31.2 Å². The Bertz CT molecular complexity index is 1190. The second-order valence-corrected chi connectivity index (χ2v) is 8.50. The number of rotatable bonds is 9. The highest BCUT2D eigenvalue weighted by Crippen LogP contribution is 2.26. The third kappa shape index (κ3) is 6.29. The summed E-state index contributed by atoms with van der Waals surface area (Å²) in [6.45, 7) is 5.70. The van der Waals surface area contributed by atoms with Crippen molar-refractivity contribution in [2.75, 3.05) is 10.6 Å². The van der Waals surface area contributed by atoms with E-state index in [2.05, 4.69) is 32.7 Å². The van der Waals surface area contributed by atoms with E-state index in [-0.39, 0.29) is 22.7 Å². The van der Waals surface area contributed by atoms with Gasteiger partial charge in [0.1, 0.15) is 0 Å². The Kier molecular flexibility index (Phi) is 8.37. The number of H-pyrrole nitrogens is 1. The van der Waals surface area contributed by atoms with Crippen LogP contribution in [0, 0.1) is 0 Å². The first-order valence-electron chi connectivity index (χ1n) is 10.9. The van der Waals surface area contributed by atoms with Crippen LogP contribution in [-0.2, 0) is 16.0 Å². The predicted octanol–water partition coefficient (Wildman–Crippen LogP) is 4.25. The number of carbonyl (C=O) groups excluding carboxylic acids is 2. The highest BCUT2D eigenvalue weighted by molar-refractivity contribution is 8.00. The van der Waals surface area contributed by atoms with Gasteiger partial charge < -0.3 is 10.6 Å². The van der Waals surface area contributed by atoms with E-state index in [9.17, 15) is 14.4 Å². The third-order valence-corrected chi connectivity index (χ3v) is 6.21. The van der Waals surface area contributed by atoms with E-state index < -0.39 is 10.8 Å². The van der Waals surface area contributed by atoms with Crippen LogP contribution in [0.15, 0.2) is 58.5 Å². The molecule has 3 rings (SSSR count). The summed E-state index contributed by atoms with van der Waals surface area (Å²) in [6, 6.07) is 14.6. The van der Waals surface area contributed by atoms with Crippen LogP contribution in [0.2, 0.25) is 0 Å². The zero-order chi connectivity index (χ0) is 23.8. The maximum Gasteiger partial charge on any atom is 0.278 e. The molecule has 1 heterocycles. The van der Waals surface area contributed by atoms with Gasteiger partial charge in [-0.25, -0.2) is 0 Å². The molecular formula is C24H27N5O3S. The van der Waals surface area contributed by atoms with Crippen molar-refractivity contribution < 1.29 is 9.59 Å². The van der Waals surface area contributed by atoms with Gasteiger partial charge in [0.05, 0.1) is 10.9 Å². The molecule has 0 radical (unpaired) electrons. The summed E-state index contributed by atoms with van der Waals surface area (Å²) in [6.07, 6.45) is 1.74. The lowest BCUT2D eigenvalue weighted by Crippen LogP contribution is -2.25. The molecule has 1 aromatic heterocycles. The number of thioether (sulfide) groups is 1. The van der Waals surface area contributed by atoms with Crippen LogP contribution < -0.4 is 16.2 Å². The molecule has 1 unspecified atom stereocenters. The Morgan fingerprint density at radius 1 is 1.03 bits per heavy atom. The molecule has 3 aromatic rings. The van der Waals surface area contributed by atoms with E-state index in [1.54, 1.807) is 31.2 Å². The van der Waals surface area contributed by atoms with Crippen molar-refractivity contribution >= 4 is 35.0 Å². The number of amides is 2. The lowest BCUT2D eigenvalue weighted by atomic mass is 10.1. The smallest absolute Gasteiger partial charge is 0.278 e. The maximum absolute atomic E-state index is 12.8. The monoisotopic (exact) mass is 465 g/mol. The number of nitrogens with zero attached hydrogens (tertiary/aromatic N) is 2. The topological polar surface area (TPSA) is 117 Å². The maximum atomic E-state index is 12.8. The van der Waals surface area contributed by atoms with Crippen LogP contribution in [0.25, 0.3) is 11.3 Å². The molecule has 1 atom stereocenters. The molecule has 0 aliphatic heterocycles. The number of anilines is 2. The van der Waals surface area contributed by atoms with Gasteiger partial charge in [0.2, 0.25) is 11.8 Å². The van der Waals surface area contributed by atoms with Gasteiger partial charge in [-0.1, -0.05) is 62.9 Å². The van der Waals surface area contributed by atoms with Crippen LogP contribution >= 0.6 is 11.8 Å². The quantitative estimate of drug-likeness (QED) is 0.407. The third-order valence-electron chi connectivity index (χ3n) is 4.97. The summed E-state index contributed by atoms with van der Waals surface area (Å²) < 4.78 is 0. The second-order valence-electron chi connectivity index (χ2n) is 7.31. The molecule has 0 bridgehead atoms. The zero-order valence-corrected chi connectivity index (χ0v) is 19.7. The SMILES string of the molecule is CCC(=O)Nc1ccccc1-c1nnc(SC(CC)C(=O)Nc2cccc(CC)c2)[nH]c1=O. The highest BCUT2D eigenvalue weighted by atomic mass is 32.2. The number of aromatic amines is 1. The number of para-hydroxylation sites is 1. The fourth-order valence-corrected chi connectivity index (χ4v) is 3.98. The molecule has 3 N–H and O–H groups in total. The van der Waals surface area contributed by atoms with Gasteiger partial charge in [-0.2, -0.15) is 0 Å². The minimum atomic E-state index is -0.456. The second kappa shape index (κ2) is 11.4. The Labute approximate surface area is 196 Å². The predicted molar refractivity (Wildman–Crippen MR) is 131 cm³/mol. The fourth-order valence-electron chi connectivity index (χ4n) is 3.14. The number of hydrogen-bond acceptors (Lipinski definition) is 6. The zero-order valence-electron chi connectivity index (χ0n) is 18.8. The van der Waals surface area contributed by atoms with Crippen molar-refractivity contribution in [3.8, 4) is 11.3 Å². The van der Waals surface area contributed by atoms with Gasteiger partial charge >= 0.3 is 0 Å². The Morgan fingerprint density at radius 3 is 2.52 bits per heavy atom. The van der Waals surface area contributed by atoms with Gasteiger partial charge in [-0.15, -0.1) is 10.2 Å². The molecule has 0 saturated heterocycles. The number of aryl methyl sites for hydroxylation is 1. The largest absolute Gasteiger partial charge is 0.325 e. The molecule has 8 nitrogen and oxygen atoms in total. The van der Waals surface area contributed by atoms with Gasteiger partial charge in [0.15, 0.2) is 10.9 Å². The van der Waals surface area contributed by atoms with Crippen LogP contribution in [-0.4, -0.2) is 32.2 Å². The number of benzene rings is 2. The van der Waals surface area contributed by atoms with Crippen LogP contribution in [0.4, 0.5) is 11.4 Å². The minimum Gasteiger partial charge on any atom is -0.325 e. The van der Waals surface area contributed by atoms with Gasteiger partial charge in [0.25, 0.3) is 5.56 Å². The summed E-state index contributed by atoms with van der Waals surface area (Å²) in [5, 5.41) is 13.7. The van der Waals surface area contributed by atoms with E-state index in [4.69, 9.17) is 0 Å². The van der Waals surface area contributed by atoms with E-state index in [1.165, 1.54) is 0 Å². The normalized spacial score (nSPS) is 11.6. The molecule has 2 aromatic carbocycles. The summed E-state index contributed by atoms with van der Waals surface area (Å²) >= 11 is 1.15. The molecular weight excluding hydrogens is 438 g/mol. The number of aromatic nitrogens is 3. The van der Waals surface area contributed by atoms with Gasteiger partial charge in [0, 0.05) is 17.7 Å². The van der Waals surface area contributed by atoms with E-state index in [0.29, 0.717) is 24.1 Å². The Balaban J connectivity index is 1.77. The number of hydrogen-bond donors (Lipinski definition) is 3. The van der Waals surface area contributed by atoms with Crippen LogP contribution in [0.1, 0.15) is 39.2 Å². The van der Waals surface area contributed by atoms with Crippen LogP contribution in [0.5, 0.6) is 0 Å². The standard InChI is InChI=1S/C24H27N5O3S/c1-4-15-10-9-11-16(14-15)25-22(31)19(5-2)33-24-27-23(32)21(28-29-24)17-12-7-8-13-18(17)26-20(30)6-3/h7-14,19H,4-6H2,1-3H3,(H,25,31)(H,26,30)(H,27,29,32). The molecule has 33 heavy (non-hydrogen) atoms. The average Bonchev–Trinajstić information content (AvgIpc) is 2.83. The summed E-state index contributed by atoms with van der Waals surface area (Å²) in [5.74, 6) is -0.338. The highest BCUT2D eigenvalue weighted by Gasteiger charge is 2.21. The minimum absolute atomic E-state index is 0.0974. The average molecular weight is 466 g/mol. The Hall–Kier alpha value is -3.46. The van der Waals surface area contributed by atoms with Crippen molar-refractivity contribution in [3.05, 3.63) is 64.4 Å². The number of carbonyl (C=O) groups is 2. The van der Waals surface area contributed by atoms with Crippen molar-refractivity contribution in [3.63, 3.8) is 0 Å². The first-order chi connectivity index (χ1) is 15.9. The Morgan fingerprint density at radius 2 is 1.82 bits per heavy atom. The van der Waals surface area contributed by atoms with Crippen molar-refractivity contribution in [2.45, 2.75) is 50.4 Å². The van der Waals surface area contributed by atoms with Gasteiger partial charge in [-0.3, -0.25) is 19.4 Å². The molecule has 172 valence electrons. The van der Waals surface area contributed by atoms with Crippen LogP contribution in [0.3, 0.4) is 0 Å². The van der Waals surface area contributed by atoms with Crippen molar-refractivity contribution in [2.24, 2.45) is 0 Å². The lowest BCUT2D eigenvalue weighted by Gasteiger charge is -2.14. The fraction of sp³-hybridized carbons (Fsp3) is 0.292. The number of nitrogens with one attached hydrogen (secondary N) is 3. The van der Waals surface area contributed by atoms with E-state index >= 15 is 0 Å². The van der Waals surface area contributed by atoms with Gasteiger partial charge in [-0.05, 0) is 36.6 Å². The molecule has 0 spiro atoms. The molecule has 0 aliphatic carbocycles. The van der Waals surface area contributed by atoms with Crippen molar-refractivity contribution in [1.29, 1.82) is 0 Å². The summed E-state index contributed by atoms with van der Waals surface area (Å²) in [5.41, 5.74) is 2.49. The molecule has 0 saturated carbocycles. The first kappa shape index (κ1) is 24.2. The molecule has 0 aliphatic rings. The lowest BCUT2D eigenvalue weighted by molar-refractivity contribution is -0.116. The molecule has 2 amide bonds. The van der Waals surface area contributed by atoms with Crippen molar-refractivity contribution in [1.82, 2.24) is 15.2 Å². The molecule has 9 heteroatoms. The summed E-state index contributed by atoms with van der Waals surface area (Å²) in [7, 11) is 0.